The Balaban J connectivity index is 2.30. The molecule has 0 spiro atoms. The second-order valence-electron chi connectivity index (χ2n) is 6.72. The number of hydrogen-bond acceptors (Lipinski definition) is 2. The van der Waals surface area contributed by atoms with Crippen molar-refractivity contribution in [2.45, 2.75) is 58.3 Å². The molecule has 0 aliphatic carbocycles. The van der Waals surface area contributed by atoms with Crippen molar-refractivity contribution in [3.8, 4) is 0 Å². The molecule has 0 radical (unpaired) electrons. The quantitative estimate of drug-likeness (QED) is 0.886. The molecule has 1 aliphatic heterocycles. The van der Waals surface area contributed by atoms with E-state index in [9.17, 15) is 0 Å². The fraction of sp³-hybridized carbons (Fsp3) is 0.647. The van der Waals surface area contributed by atoms with Gasteiger partial charge in [0, 0.05) is 12.0 Å². The molecule has 2 rings (SSSR count). The van der Waals surface area contributed by atoms with E-state index in [1.54, 1.807) is 0 Å². The van der Waals surface area contributed by atoms with Gasteiger partial charge in [0.2, 0.25) is 0 Å². The number of hydrogen-bond donors (Lipinski definition) is 1. The zero-order valence-electron chi connectivity index (χ0n) is 12.9. The lowest BCUT2D eigenvalue weighted by Gasteiger charge is -2.33. The van der Waals surface area contributed by atoms with E-state index < -0.39 is 0 Å². The molecule has 19 heavy (non-hydrogen) atoms. The first-order valence-electron chi connectivity index (χ1n) is 7.34. The van der Waals surface area contributed by atoms with E-state index in [2.05, 4.69) is 70.3 Å². The highest BCUT2D eigenvalue weighted by molar-refractivity contribution is 5.21. The summed E-state index contributed by atoms with van der Waals surface area (Å²) in [4.78, 5) is 0. The van der Waals surface area contributed by atoms with Gasteiger partial charge in [-0.15, -0.1) is 0 Å². The maximum Gasteiger partial charge on any atom is 0.0681 e. The fourth-order valence-corrected chi connectivity index (χ4v) is 3.50. The molecule has 2 unspecified atom stereocenters. The lowest BCUT2D eigenvalue weighted by atomic mass is 9.79. The van der Waals surface area contributed by atoms with Crippen molar-refractivity contribution in [3.63, 3.8) is 0 Å². The van der Waals surface area contributed by atoms with Gasteiger partial charge in [-0.05, 0) is 46.2 Å². The third-order valence-electron chi connectivity index (χ3n) is 4.13. The van der Waals surface area contributed by atoms with Crippen LogP contribution in [0.1, 0.15) is 52.6 Å². The number of ether oxygens (including phenoxy) is 1. The Morgan fingerprint density at radius 2 is 1.84 bits per heavy atom. The minimum atomic E-state index is -0.0911. The van der Waals surface area contributed by atoms with Crippen LogP contribution >= 0.6 is 0 Å². The van der Waals surface area contributed by atoms with Crippen LogP contribution in [0, 0.1) is 5.92 Å². The molecule has 0 saturated carbocycles. The SMILES string of the molecule is CCNC(c1ccccc1)C1CC(C)(C)OC1(C)C. The first kappa shape index (κ1) is 14.5. The van der Waals surface area contributed by atoms with E-state index >= 15 is 0 Å². The summed E-state index contributed by atoms with van der Waals surface area (Å²) in [6.07, 6.45) is 1.09. The fourth-order valence-electron chi connectivity index (χ4n) is 3.50. The van der Waals surface area contributed by atoms with E-state index in [1.807, 2.05) is 0 Å². The van der Waals surface area contributed by atoms with Gasteiger partial charge in [0.1, 0.15) is 0 Å². The third kappa shape index (κ3) is 3.18. The molecule has 1 saturated heterocycles. The van der Waals surface area contributed by atoms with Gasteiger partial charge in [-0.1, -0.05) is 37.3 Å². The monoisotopic (exact) mass is 261 g/mol. The topological polar surface area (TPSA) is 21.3 Å². The van der Waals surface area contributed by atoms with Crippen LogP contribution in [0.15, 0.2) is 30.3 Å². The molecule has 1 heterocycles. The number of rotatable bonds is 4. The average molecular weight is 261 g/mol. The van der Waals surface area contributed by atoms with E-state index in [1.165, 1.54) is 5.56 Å². The smallest absolute Gasteiger partial charge is 0.0681 e. The molecule has 2 atom stereocenters. The summed E-state index contributed by atoms with van der Waals surface area (Å²) in [7, 11) is 0. The summed E-state index contributed by atoms with van der Waals surface area (Å²) in [5, 5.41) is 3.65. The van der Waals surface area contributed by atoms with Gasteiger partial charge in [0.15, 0.2) is 0 Å². The zero-order chi connectivity index (χ0) is 14.1. The Bertz CT molecular complexity index is 411. The van der Waals surface area contributed by atoms with Gasteiger partial charge in [-0.25, -0.2) is 0 Å². The molecular formula is C17H27NO. The lowest BCUT2D eigenvalue weighted by Crippen LogP contribution is -2.38. The van der Waals surface area contributed by atoms with E-state index in [0.29, 0.717) is 12.0 Å². The highest BCUT2D eigenvalue weighted by Gasteiger charge is 2.49. The highest BCUT2D eigenvalue weighted by Crippen LogP contribution is 2.47. The molecule has 1 aromatic rings. The van der Waals surface area contributed by atoms with Crippen molar-refractivity contribution < 1.29 is 4.74 Å². The maximum absolute atomic E-state index is 6.26. The second-order valence-corrected chi connectivity index (χ2v) is 6.72. The number of benzene rings is 1. The van der Waals surface area contributed by atoms with Crippen molar-refractivity contribution in [2.24, 2.45) is 5.92 Å². The summed E-state index contributed by atoms with van der Waals surface area (Å²) in [5.74, 6) is 0.491. The highest BCUT2D eigenvalue weighted by atomic mass is 16.5. The van der Waals surface area contributed by atoms with Crippen LogP contribution in [-0.4, -0.2) is 17.7 Å². The maximum atomic E-state index is 6.26. The first-order chi connectivity index (χ1) is 8.86. The van der Waals surface area contributed by atoms with Crippen LogP contribution in [0.25, 0.3) is 0 Å². The molecule has 106 valence electrons. The van der Waals surface area contributed by atoms with E-state index in [-0.39, 0.29) is 11.2 Å². The standard InChI is InChI=1S/C17H27NO/c1-6-18-15(13-10-8-7-9-11-13)14-12-16(2,3)19-17(14,4)5/h7-11,14-15,18H,6,12H2,1-5H3. The summed E-state index contributed by atoms with van der Waals surface area (Å²) in [6.45, 7) is 12.0. The minimum Gasteiger partial charge on any atom is -0.369 e. The minimum absolute atomic E-state index is 0.0311. The van der Waals surface area contributed by atoms with Crippen molar-refractivity contribution in [2.75, 3.05) is 6.54 Å². The van der Waals surface area contributed by atoms with Crippen molar-refractivity contribution in [1.29, 1.82) is 0 Å². The largest absolute Gasteiger partial charge is 0.369 e. The van der Waals surface area contributed by atoms with Crippen LogP contribution in [0.2, 0.25) is 0 Å². The van der Waals surface area contributed by atoms with Crippen LogP contribution in [0.3, 0.4) is 0 Å². The third-order valence-corrected chi connectivity index (χ3v) is 4.13. The average Bonchev–Trinajstić information content (AvgIpc) is 2.55. The van der Waals surface area contributed by atoms with Crippen LogP contribution in [0.4, 0.5) is 0 Å². The molecule has 1 aromatic carbocycles. The Labute approximate surface area is 117 Å². The van der Waals surface area contributed by atoms with Gasteiger partial charge in [-0.3, -0.25) is 0 Å². The molecule has 1 aliphatic rings. The lowest BCUT2D eigenvalue weighted by molar-refractivity contribution is -0.0778. The molecule has 2 heteroatoms. The first-order valence-corrected chi connectivity index (χ1v) is 7.34. The van der Waals surface area contributed by atoms with Crippen molar-refractivity contribution in [3.05, 3.63) is 35.9 Å². The molecule has 0 aromatic heterocycles. The normalized spacial score (nSPS) is 26.3. The van der Waals surface area contributed by atoms with Gasteiger partial charge in [-0.2, -0.15) is 0 Å². The Morgan fingerprint density at radius 1 is 1.21 bits per heavy atom. The van der Waals surface area contributed by atoms with Crippen molar-refractivity contribution in [1.82, 2.24) is 5.32 Å². The molecular weight excluding hydrogens is 234 g/mol. The predicted molar refractivity (Wildman–Crippen MR) is 80.2 cm³/mol. The van der Waals surface area contributed by atoms with Gasteiger partial charge in [0.05, 0.1) is 11.2 Å². The summed E-state index contributed by atoms with van der Waals surface area (Å²) in [6, 6.07) is 11.1. The molecule has 0 amide bonds. The Kier molecular flexibility index (Phi) is 4.03. The van der Waals surface area contributed by atoms with Crippen LogP contribution in [-0.2, 0) is 4.74 Å². The van der Waals surface area contributed by atoms with E-state index in [0.717, 1.165) is 13.0 Å². The summed E-state index contributed by atoms with van der Waals surface area (Å²) in [5.41, 5.74) is 1.24. The second kappa shape index (κ2) is 5.26. The summed E-state index contributed by atoms with van der Waals surface area (Å²) >= 11 is 0. The van der Waals surface area contributed by atoms with Crippen LogP contribution in [0.5, 0.6) is 0 Å². The molecule has 1 N–H and O–H groups in total. The number of nitrogens with one attached hydrogen (secondary N) is 1. The van der Waals surface area contributed by atoms with Gasteiger partial charge >= 0.3 is 0 Å². The van der Waals surface area contributed by atoms with Gasteiger partial charge in [0.25, 0.3) is 0 Å². The van der Waals surface area contributed by atoms with Crippen LogP contribution < -0.4 is 5.32 Å². The van der Waals surface area contributed by atoms with Gasteiger partial charge < -0.3 is 10.1 Å². The van der Waals surface area contributed by atoms with Crippen molar-refractivity contribution >= 4 is 0 Å². The molecule has 0 bridgehead atoms. The summed E-state index contributed by atoms with van der Waals surface area (Å²) < 4.78 is 6.26. The Hall–Kier alpha value is -0.860. The molecule has 1 fully saturated rings. The Morgan fingerprint density at radius 3 is 2.32 bits per heavy atom. The predicted octanol–water partition coefficient (Wildman–Crippen LogP) is 3.93. The zero-order valence-corrected chi connectivity index (χ0v) is 12.9. The van der Waals surface area contributed by atoms with E-state index in [4.69, 9.17) is 4.74 Å². The molecule has 2 nitrogen and oxygen atoms in total.